The molecule has 2 heterocycles. The van der Waals surface area contributed by atoms with Gasteiger partial charge >= 0.3 is 0 Å². The minimum Gasteiger partial charge on any atom is -0.308 e. The van der Waals surface area contributed by atoms with Crippen molar-refractivity contribution in [1.82, 2.24) is 10.2 Å². The molecule has 1 aromatic rings. The zero-order chi connectivity index (χ0) is 13.2. The molecule has 3 rings (SSSR count). The summed E-state index contributed by atoms with van der Waals surface area (Å²) in [5, 5.41) is 3.74. The first-order chi connectivity index (χ1) is 9.25. The first-order valence-electron chi connectivity index (χ1n) is 7.16. The largest absolute Gasteiger partial charge is 0.308 e. The van der Waals surface area contributed by atoms with Crippen molar-refractivity contribution in [3.63, 3.8) is 0 Å². The van der Waals surface area contributed by atoms with Crippen LogP contribution < -0.4 is 5.32 Å². The van der Waals surface area contributed by atoms with E-state index in [0.29, 0.717) is 24.2 Å². The molecule has 0 spiro atoms. The van der Waals surface area contributed by atoms with E-state index in [1.54, 1.807) is 6.07 Å². The number of nitrogens with one attached hydrogen (secondary N) is 1. The summed E-state index contributed by atoms with van der Waals surface area (Å²) in [6.45, 7) is 2.98. The van der Waals surface area contributed by atoms with E-state index in [4.69, 9.17) is 11.6 Å². The van der Waals surface area contributed by atoms with Crippen LogP contribution in [0.25, 0.3) is 0 Å². The van der Waals surface area contributed by atoms with Gasteiger partial charge in [0.05, 0.1) is 5.02 Å². The summed E-state index contributed by atoms with van der Waals surface area (Å²) in [4.78, 5) is 2.58. The SMILES string of the molecule is Fc1c(Cl)cccc1CNC1CCN2CCCCC12. The summed E-state index contributed by atoms with van der Waals surface area (Å²) in [6, 6.07) is 6.36. The molecule has 2 saturated heterocycles. The predicted molar refractivity (Wildman–Crippen MR) is 75.9 cm³/mol. The molecule has 4 heteroatoms. The van der Waals surface area contributed by atoms with Crippen LogP contribution in [0.2, 0.25) is 5.02 Å². The molecule has 0 amide bonds. The normalized spacial score (nSPS) is 27.5. The van der Waals surface area contributed by atoms with Crippen molar-refractivity contribution in [2.24, 2.45) is 0 Å². The fraction of sp³-hybridized carbons (Fsp3) is 0.600. The summed E-state index contributed by atoms with van der Waals surface area (Å²) < 4.78 is 13.8. The molecule has 0 saturated carbocycles. The lowest BCUT2D eigenvalue weighted by atomic mass is 9.99. The molecule has 0 aliphatic carbocycles. The molecule has 0 bridgehead atoms. The molecule has 2 nitrogen and oxygen atoms in total. The van der Waals surface area contributed by atoms with Crippen molar-refractivity contribution in [2.75, 3.05) is 13.1 Å². The first-order valence-corrected chi connectivity index (χ1v) is 7.54. The average Bonchev–Trinajstić information content (AvgIpc) is 2.84. The van der Waals surface area contributed by atoms with Gasteiger partial charge in [0, 0.05) is 30.7 Å². The molecular weight excluding hydrogens is 263 g/mol. The molecule has 0 aromatic heterocycles. The van der Waals surface area contributed by atoms with Crippen LogP contribution in [0.15, 0.2) is 18.2 Å². The Morgan fingerprint density at radius 2 is 2.16 bits per heavy atom. The van der Waals surface area contributed by atoms with Crippen molar-refractivity contribution in [1.29, 1.82) is 0 Å². The Balaban J connectivity index is 1.62. The van der Waals surface area contributed by atoms with E-state index in [2.05, 4.69) is 10.2 Å². The highest BCUT2D eigenvalue weighted by molar-refractivity contribution is 6.30. The quantitative estimate of drug-likeness (QED) is 0.916. The van der Waals surface area contributed by atoms with Gasteiger partial charge in [0.15, 0.2) is 0 Å². The number of hydrogen-bond donors (Lipinski definition) is 1. The van der Waals surface area contributed by atoms with Gasteiger partial charge in [0.2, 0.25) is 0 Å². The van der Waals surface area contributed by atoms with E-state index in [1.807, 2.05) is 12.1 Å². The van der Waals surface area contributed by atoms with E-state index in [9.17, 15) is 4.39 Å². The molecule has 1 N–H and O–H groups in total. The van der Waals surface area contributed by atoms with Crippen LogP contribution in [-0.4, -0.2) is 30.1 Å². The summed E-state index contributed by atoms with van der Waals surface area (Å²) in [5.74, 6) is -0.282. The number of halogens is 2. The number of fused-ring (bicyclic) bond motifs is 1. The Morgan fingerprint density at radius 3 is 3.05 bits per heavy atom. The van der Waals surface area contributed by atoms with Crippen molar-refractivity contribution in [3.8, 4) is 0 Å². The van der Waals surface area contributed by atoms with Gasteiger partial charge in [-0.25, -0.2) is 4.39 Å². The van der Waals surface area contributed by atoms with Crippen LogP contribution in [-0.2, 0) is 6.54 Å². The smallest absolute Gasteiger partial charge is 0.146 e. The average molecular weight is 283 g/mol. The number of hydrogen-bond acceptors (Lipinski definition) is 2. The second-order valence-electron chi connectivity index (χ2n) is 5.59. The van der Waals surface area contributed by atoms with Gasteiger partial charge in [0.25, 0.3) is 0 Å². The molecule has 104 valence electrons. The van der Waals surface area contributed by atoms with Crippen molar-refractivity contribution in [3.05, 3.63) is 34.6 Å². The maximum absolute atomic E-state index is 13.8. The number of nitrogens with zero attached hydrogens (tertiary/aromatic N) is 1. The number of benzene rings is 1. The van der Waals surface area contributed by atoms with Gasteiger partial charge in [-0.15, -0.1) is 0 Å². The lowest BCUT2D eigenvalue weighted by Gasteiger charge is -2.32. The number of piperidine rings is 1. The molecule has 2 unspecified atom stereocenters. The van der Waals surface area contributed by atoms with Crippen LogP contribution >= 0.6 is 11.6 Å². The maximum Gasteiger partial charge on any atom is 0.146 e. The van der Waals surface area contributed by atoms with Gasteiger partial charge in [-0.3, -0.25) is 4.90 Å². The molecular formula is C15H20ClFN2. The molecule has 2 aliphatic rings. The zero-order valence-corrected chi connectivity index (χ0v) is 11.8. The fourth-order valence-corrected chi connectivity index (χ4v) is 3.61. The minimum absolute atomic E-state index is 0.213. The molecule has 19 heavy (non-hydrogen) atoms. The van der Waals surface area contributed by atoms with E-state index < -0.39 is 0 Å². The van der Waals surface area contributed by atoms with E-state index in [-0.39, 0.29) is 10.8 Å². The molecule has 1 aromatic carbocycles. The minimum atomic E-state index is -0.282. The van der Waals surface area contributed by atoms with Crippen molar-refractivity contribution in [2.45, 2.75) is 44.3 Å². The second kappa shape index (κ2) is 5.78. The van der Waals surface area contributed by atoms with Gasteiger partial charge in [-0.05, 0) is 31.9 Å². The lowest BCUT2D eigenvalue weighted by Crippen LogP contribution is -2.44. The van der Waals surface area contributed by atoms with Crippen molar-refractivity contribution >= 4 is 11.6 Å². The van der Waals surface area contributed by atoms with Crippen molar-refractivity contribution < 1.29 is 4.39 Å². The Morgan fingerprint density at radius 1 is 1.26 bits per heavy atom. The Labute approximate surface area is 118 Å². The summed E-state index contributed by atoms with van der Waals surface area (Å²) in [6.07, 6.45) is 5.10. The predicted octanol–water partition coefficient (Wildman–Crippen LogP) is 3.20. The van der Waals surface area contributed by atoms with E-state index in [0.717, 1.165) is 0 Å². The van der Waals surface area contributed by atoms with Crippen LogP contribution in [0.5, 0.6) is 0 Å². The highest BCUT2D eigenvalue weighted by atomic mass is 35.5. The van der Waals surface area contributed by atoms with Crippen LogP contribution in [0.3, 0.4) is 0 Å². The Bertz CT molecular complexity index is 452. The third kappa shape index (κ3) is 2.78. The first kappa shape index (κ1) is 13.3. The highest BCUT2D eigenvalue weighted by Gasteiger charge is 2.34. The van der Waals surface area contributed by atoms with Crippen LogP contribution in [0.1, 0.15) is 31.2 Å². The van der Waals surface area contributed by atoms with Gasteiger partial charge in [-0.1, -0.05) is 30.2 Å². The number of rotatable bonds is 3. The Kier molecular flexibility index (Phi) is 4.06. The standard InChI is InChI=1S/C15H20ClFN2/c16-12-5-3-4-11(15(12)17)10-18-13-7-9-19-8-2-1-6-14(13)19/h3-5,13-14,18H,1-2,6-10H2. The summed E-state index contributed by atoms with van der Waals surface area (Å²) >= 11 is 5.81. The highest BCUT2D eigenvalue weighted by Crippen LogP contribution is 2.27. The van der Waals surface area contributed by atoms with Crippen LogP contribution in [0, 0.1) is 5.82 Å². The molecule has 2 aliphatic heterocycles. The topological polar surface area (TPSA) is 15.3 Å². The van der Waals surface area contributed by atoms with Gasteiger partial charge in [0.1, 0.15) is 5.82 Å². The van der Waals surface area contributed by atoms with Crippen LogP contribution in [0.4, 0.5) is 4.39 Å². The fourth-order valence-electron chi connectivity index (χ4n) is 3.41. The molecule has 0 radical (unpaired) electrons. The zero-order valence-electron chi connectivity index (χ0n) is 11.0. The second-order valence-corrected chi connectivity index (χ2v) is 6.00. The van der Waals surface area contributed by atoms with E-state index >= 15 is 0 Å². The monoisotopic (exact) mass is 282 g/mol. The molecule has 2 atom stereocenters. The van der Waals surface area contributed by atoms with Gasteiger partial charge < -0.3 is 5.32 Å². The summed E-state index contributed by atoms with van der Waals surface area (Å²) in [5.41, 5.74) is 0.668. The maximum atomic E-state index is 13.8. The third-order valence-corrected chi connectivity index (χ3v) is 4.73. The van der Waals surface area contributed by atoms with Gasteiger partial charge in [-0.2, -0.15) is 0 Å². The third-order valence-electron chi connectivity index (χ3n) is 4.44. The summed E-state index contributed by atoms with van der Waals surface area (Å²) in [7, 11) is 0. The van der Waals surface area contributed by atoms with E-state index in [1.165, 1.54) is 38.8 Å². The Hall–Kier alpha value is -0.640. The lowest BCUT2D eigenvalue weighted by molar-refractivity contribution is 0.180. The molecule has 2 fully saturated rings.